The lowest BCUT2D eigenvalue weighted by molar-refractivity contribution is -0.129. The summed E-state index contributed by atoms with van der Waals surface area (Å²) >= 11 is 3.53. The molecule has 4 aromatic rings. The number of fused-ring (bicyclic) bond motifs is 2. The number of rotatable bonds is 7. The van der Waals surface area contributed by atoms with Crippen molar-refractivity contribution >= 4 is 55.8 Å². The van der Waals surface area contributed by atoms with E-state index >= 15 is 0 Å². The molecule has 0 saturated heterocycles. The van der Waals surface area contributed by atoms with Crippen molar-refractivity contribution in [3.63, 3.8) is 0 Å². The molecule has 0 unspecified atom stereocenters. The Morgan fingerprint density at radius 3 is 2.38 bits per heavy atom. The van der Waals surface area contributed by atoms with Crippen molar-refractivity contribution in [2.24, 2.45) is 5.92 Å². The van der Waals surface area contributed by atoms with E-state index in [2.05, 4.69) is 27.3 Å². The number of halogens is 1. The number of nitrogens with one attached hydrogen (secondary N) is 1. The fourth-order valence-corrected chi connectivity index (χ4v) is 5.74. The quantitative estimate of drug-likeness (QED) is 0.255. The van der Waals surface area contributed by atoms with Gasteiger partial charge in [0.25, 0.3) is 11.8 Å². The largest absolute Gasteiger partial charge is 0.496 e. The van der Waals surface area contributed by atoms with Gasteiger partial charge in [0.1, 0.15) is 11.8 Å². The van der Waals surface area contributed by atoms with E-state index in [9.17, 15) is 24.9 Å². The molecule has 1 heterocycles. The zero-order valence-electron chi connectivity index (χ0n) is 25.0. The molecule has 4 aromatic carbocycles. The summed E-state index contributed by atoms with van der Waals surface area (Å²) in [6.07, 6.45) is 0.568. The summed E-state index contributed by atoms with van der Waals surface area (Å²) in [7, 11) is 1.56. The van der Waals surface area contributed by atoms with E-state index in [1.54, 1.807) is 61.4 Å². The van der Waals surface area contributed by atoms with Crippen molar-refractivity contribution < 1.29 is 19.1 Å². The Bertz CT molecular complexity index is 1890. The van der Waals surface area contributed by atoms with Crippen LogP contribution in [0.2, 0.25) is 0 Å². The summed E-state index contributed by atoms with van der Waals surface area (Å²) < 4.78 is 6.64. The van der Waals surface area contributed by atoms with Gasteiger partial charge < -0.3 is 19.9 Å². The second-order valence-electron chi connectivity index (χ2n) is 10.8. The van der Waals surface area contributed by atoms with E-state index < -0.39 is 17.9 Å². The predicted octanol–water partition coefficient (Wildman–Crippen LogP) is 6.08. The lowest BCUT2D eigenvalue weighted by Crippen LogP contribution is -2.53. The minimum atomic E-state index is -1.10. The Kier molecular flexibility index (Phi) is 9.17. The second-order valence-corrected chi connectivity index (χ2v) is 11.7. The van der Waals surface area contributed by atoms with E-state index in [0.29, 0.717) is 34.7 Å². The van der Waals surface area contributed by atoms with Gasteiger partial charge in [-0.3, -0.25) is 14.4 Å². The van der Waals surface area contributed by atoms with Crippen molar-refractivity contribution in [1.29, 1.82) is 10.5 Å². The van der Waals surface area contributed by atoms with Crippen molar-refractivity contribution in [2.75, 3.05) is 23.5 Å². The number of benzene rings is 4. The number of amides is 3. The average Bonchev–Trinajstić information content (AvgIpc) is 3.17. The topological polar surface area (TPSA) is 127 Å². The molecule has 5 rings (SSSR count). The molecule has 10 heteroatoms. The molecule has 0 aliphatic carbocycles. The zero-order chi connectivity index (χ0) is 32.2. The summed E-state index contributed by atoms with van der Waals surface area (Å²) in [5.41, 5.74) is 2.47. The van der Waals surface area contributed by atoms with Crippen LogP contribution >= 0.6 is 15.9 Å². The first kappa shape index (κ1) is 31.2. The van der Waals surface area contributed by atoms with Crippen molar-refractivity contribution in [3.8, 4) is 17.9 Å². The molecule has 0 fully saturated rings. The van der Waals surface area contributed by atoms with Crippen LogP contribution in [0.1, 0.15) is 47.3 Å². The van der Waals surface area contributed by atoms with Gasteiger partial charge in [0, 0.05) is 21.5 Å². The minimum absolute atomic E-state index is 0.0640. The molecule has 0 aromatic heterocycles. The Labute approximate surface area is 269 Å². The Hall–Kier alpha value is -5.19. The summed E-state index contributed by atoms with van der Waals surface area (Å²) in [6.45, 7) is 3.56. The highest BCUT2D eigenvalue weighted by atomic mass is 79.9. The summed E-state index contributed by atoms with van der Waals surface area (Å²) in [5.74, 6) is -0.952. The Morgan fingerprint density at radius 1 is 1.00 bits per heavy atom. The zero-order valence-corrected chi connectivity index (χ0v) is 26.6. The summed E-state index contributed by atoms with van der Waals surface area (Å²) in [5, 5.41) is 23.7. The lowest BCUT2D eigenvalue weighted by atomic mass is 10.0. The molecule has 1 aliphatic heterocycles. The van der Waals surface area contributed by atoms with Crippen molar-refractivity contribution in [1.82, 2.24) is 5.32 Å². The van der Waals surface area contributed by atoms with E-state index in [-0.39, 0.29) is 30.5 Å². The van der Waals surface area contributed by atoms with Gasteiger partial charge >= 0.3 is 0 Å². The number of carbonyl (C=O) groups excluding carboxylic acids is 3. The van der Waals surface area contributed by atoms with Crippen molar-refractivity contribution in [2.45, 2.75) is 32.9 Å². The summed E-state index contributed by atoms with van der Waals surface area (Å²) in [6, 6.07) is 23.7. The van der Waals surface area contributed by atoms with Gasteiger partial charge in [-0.25, -0.2) is 0 Å². The molecule has 3 amide bonds. The molecule has 1 aliphatic rings. The minimum Gasteiger partial charge on any atom is -0.496 e. The van der Waals surface area contributed by atoms with E-state index in [4.69, 9.17) is 4.74 Å². The third-order valence-corrected chi connectivity index (χ3v) is 8.58. The molecule has 0 bridgehead atoms. The standard InChI is InChI=1S/C35H30BrN5O4/c1-4-21(2)33(42)39-29-20-41(34(43)24-8-5-22(17-37)6-9-24)31-15-23(18-38)7-13-30(31)40(35(29)44)19-28-27-12-11-26(36)16-25(27)10-14-32(28)45-3/h5-16,21,29H,4,19-20H2,1-3H3,(H,39,42)/t21-,29+/m1/s1. The monoisotopic (exact) mass is 663 g/mol. The van der Waals surface area contributed by atoms with Crippen LogP contribution in [0.5, 0.6) is 5.75 Å². The van der Waals surface area contributed by atoms with Crippen LogP contribution in [0.25, 0.3) is 10.8 Å². The number of ether oxygens (including phenoxy) is 1. The normalized spacial score (nSPS) is 15.0. The van der Waals surface area contributed by atoms with E-state index in [1.807, 2.05) is 43.3 Å². The van der Waals surface area contributed by atoms with Crippen LogP contribution in [0, 0.1) is 28.6 Å². The molecule has 2 atom stereocenters. The second kappa shape index (κ2) is 13.2. The lowest BCUT2D eigenvalue weighted by Gasteiger charge is -2.27. The number of methoxy groups -OCH3 is 1. The third kappa shape index (κ3) is 6.24. The highest BCUT2D eigenvalue weighted by Gasteiger charge is 2.38. The number of nitriles is 2. The molecule has 0 saturated carbocycles. The molecule has 226 valence electrons. The first-order valence-corrected chi connectivity index (χ1v) is 15.2. The first-order valence-electron chi connectivity index (χ1n) is 14.4. The van der Waals surface area contributed by atoms with Gasteiger partial charge in [0.05, 0.1) is 54.8 Å². The Balaban J connectivity index is 1.70. The average molecular weight is 665 g/mol. The van der Waals surface area contributed by atoms with Crippen LogP contribution in [0.4, 0.5) is 11.4 Å². The van der Waals surface area contributed by atoms with Gasteiger partial charge in [-0.05, 0) is 77.9 Å². The maximum Gasteiger partial charge on any atom is 0.258 e. The number of anilines is 2. The van der Waals surface area contributed by atoms with Crippen LogP contribution in [-0.4, -0.2) is 37.4 Å². The number of hydrogen-bond donors (Lipinski definition) is 1. The Morgan fingerprint density at radius 2 is 1.71 bits per heavy atom. The van der Waals surface area contributed by atoms with Crippen molar-refractivity contribution in [3.05, 3.63) is 99.5 Å². The van der Waals surface area contributed by atoms with Gasteiger partial charge in [-0.15, -0.1) is 0 Å². The van der Waals surface area contributed by atoms with E-state index in [0.717, 1.165) is 20.8 Å². The molecule has 1 N–H and O–H groups in total. The van der Waals surface area contributed by atoms with Crippen LogP contribution < -0.4 is 19.9 Å². The van der Waals surface area contributed by atoms with Crippen LogP contribution in [0.15, 0.2) is 77.3 Å². The summed E-state index contributed by atoms with van der Waals surface area (Å²) in [4.78, 5) is 44.8. The van der Waals surface area contributed by atoms with Gasteiger partial charge in [0.15, 0.2) is 0 Å². The molecule has 0 spiro atoms. The molecular weight excluding hydrogens is 634 g/mol. The molecule has 45 heavy (non-hydrogen) atoms. The number of nitrogens with zero attached hydrogens (tertiary/aromatic N) is 4. The maximum absolute atomic E-state index is 14.5. The smallest absolute Gasteiger partial charge is 0.258 e. The predicted molar refractivity (Wildman–Crippen MR) is 175 cm³/mol. The van der Waals surface area contributed by atoms with Gasteiger partial charge in [-0.1, -0.05) is 41.9 Å². The van der Waals surface area contributed by atoms with Crippen LogP contribution in [0.3, 0.4) is 0 Å². The van der Waals surface area contributed by atoms with E-state index in [1.165, 1.54) is 4.90 Å². The molecular formula is C35H30BrN5O4. The van der Waals surface area contributed by atoms with Gasteiger partial charge in [-0.2, -0.15) is 10.5 Å². The highest BCUT2D eigenvalue weighted by molar-refractivity contribution is 9.10. The SMILES string of the molecule is CC[C@@H](C)C(=O)N[C@H]1CN(C(=O)c2ccc(C#N)cc2)c2cc(C#N)ccc2N(Cc2c(OC)ccc3cc(Br)ccc23)C1=O. The number of hydrogen-bond acceptors (Lipinski definition) is 6. The van der Waals surface area contributed by atoms with Crippen LogP contribution in [-0.2, 0) is 16.1 Å². The fraction of sp³-hybridized carbons (Fsp3) is 0.229. The maximum atomic E-state index is 14.5. The molecule has 0 radical (unpaired) electrons. The molecule has 9 nitrogen and oxygen atoms in total. The van der Waals surface area contributed by atoms with Gasteiger partial charge in [0.2, 0.25) is 5.91 Å². The third-order valence-electron chi connectivity index (χ3n) is 8.08. The first-order chi connectivity index (χ1) is 21.7. The number of carbonyl (C=O) groups is 3. The highest BCUT2D eigenvalue weighted by Crippen LogP contribution is 2.38. The fourth-order valence-electron chi connectivity index (χ4n) is 5.37.